The third-order valence-electron chi connectivity index (χ3n) is 3.00. The summed E-state index contributed by atoms with van der Waals surface area (Å²) in [5, 5.41) is 2.25. The van der Waals surface area contributed by atoms with Crippen molar-refractivity contribution in [2.24, 2.45) is 0 Å². The van der Waals surface area contributed by atoms with Gasteiger partial charge in [0.05, 0.1) is 22.7 Å². The molecule has 0 aliphatic heterocycles. The SMILES string of the molecule is c1ncc2[nH]c3ccc4ccnc4c3cc2n1. The van der Waals surface area contributed by atoms with Crippen molar-refractivity contribution in [2.45, 2.75) is 0 Å². The third-order valence-corrected chi connectivity index (χ3v) is 3.00. The number of hydrogen-bond acceptors (Lipinski definition) is 3. The summed E-state index contributed by atoms with van der Waals surface area (Å²) in [5.41, 5.74) is 3.91. The van der Waals surface area contributed by atoms with E-state index in [1.54, 1.807) is 12.5 Å². The molecule has 3 heterocycles. The molecule has 4 nitrogen and oxygen atoms in total. The van der Waals surface area contributed by atoms with Crippen LogP contribution >= 0.6 is 0 Å². The minimum atomic E-state index is 0.906. The number of nitrogens with zero attached hydrogens (tertiary/aromatic N) is 3. The molecule has 80 valence electrons. The maximum atomic E-state index is 4.39. The lowest BCUT2D eigenvalue weighted by Crippen LogP contribution is -1.87. The van der Waals surface area contributed by atoms with Gasteiger partial charge in [-0.1, -0.05) is 6.07 Å². The first kappa shape index (κ1) is 8.64. The maximum absolute atomic E-state index is 4.39. The predicted octanol–water partition coefficient (Wildman–Crippen LogP) is 2.66. The molecule has 1 N–H and O–H groups in total. The van der Waals surface area contributed by atoms with Gasteiger partial charge >= 0.3 is 0 Å². The second kappa shape index (κ2) is 3.01. The molecule has 17 heavy (non-hydrogen) atoms. The lowest BCUT2D eigenvalue weighted by Gasteiger charge is -2.02. The largest absolute Gasteiger partial charge is 0.352 e. The predicted molar refractivity (Wildman–Crippen MR) is 66.7 cm³/mol. The van der Waals surface area contributed by atoms with Gasteiger partial charge in [-0.15, -0.1) is 0 Å². The van der Waals surface area contributed by atoms with Crippen molar-refractivity contribution >= 4 is 32.8 Å². The number of benzene rings is 1. The van der Waals surface area contributed by atoms with Crippen LogP contribution in [0, 0.1) is 0 Å². The topological polar surface area (TPSA) is 54.5 Å². The molecule has 0 radical (unpaired) electrons. The number of nitrogens with one attached hydrogen (secondary N) is 1. The summed E-state index contributed by atoms with van der Waals surface area (Å²) in [7, 11) is 0. The van der Waals surface area contributed by atoms with E-state index in [2.05, 4.69) is 38.1 Å². The van der Waals surface area contributed by atoms with Gasteiger partial charge in [0, 0.05) is 22.5 Å². The second-order valence-corrected chi connectivity index (χ2v) is 4.00. The van der Waals surface area contributed by atoms with Crippen LogP contribution in [-0.4, -0.2) is 19.9 Å². The zero-order valence-corrected chi connectivity index (χ0v) is 8.88. The minimum absolute atomic E-state index is 0.906. The lowest BCUT2D eigenvalue weighted by molar-refractivity contribution is 1.21. The van der Waals surface area contributed by atoms with Crippen LogP contribution in [0.3, 0.4) is 0 Å². The molecule has 0 fully saturated rings. The third kappa shape index (κ3) is 1.15. The van der Waals surface area contributed by atoms with Crippen LogP contribution in [0.4, 0.5) is 0 Å². The Kier molecular flexibility index (Phi) is 1.53. The number of rotatable bonds is 0. The molecule has 0 unspecified atom stereocenters. The summed E-state index contributed by atoms with van der Waals surface area (Å²) in [6.07, 6.45) is 5.17. The Morgan fingerprint density at radius 1 is 1.00 bits per heavy atom. The molecule has 0 saturated carbocycles. The van der Waals surface area contributed by atoms with E-state index in [4.69, 9.17) is 0 Å². The maximum Gasteiger partial charge on any atom is 0.116 e. The Balaban J connectivity index is 2.29. The van der Waals surface area contributed by atoms with Crippen molar-refractivity contribution in [1.29, 1.82) is 0 Å². The Hall–Kier alpha value is -2.49. The van der Waals surface area contributed by atoms with Gasteiger partial charge in [-0.3, -0.25) is 4.98 Å². The van der Waals surface area contributed by atoms with E-state index >= 15 is 0 Å². The van der Waals surface area contributed by atoms with Gasteiger partial charge in [-0.2, -0.15) is 0 Å². The van der Waals surface area contributed by atoms with Gasteiger partial charge in [0.1, 0.15) is 6.33 Å². The monoisotopic (exact) mass is 220 g/mol. The molecule has 0 amide bonds. The van der Waals surface area contributed by atoms with E-state index in [0.717, 1.165) is 32.8 Å². The normalized spacial score (nSPS) is 11.5. The molecule has 3 aromatic heterocycles. The molecule has 0 saturated heterocycles. The molecule has 0 aliphatic carbocycles. The summed E-state index contributed by atoms with van der Waals surface area (Å²) >= 11 is 0. The first-order chi connectivity index (χ1) is 8.42. The lowest BCUT2D eigenvalue weighted by atomic mass is 10.1. The number of pyridine rings is 1. The van der Waals surface area contributed by atoms with E-state index in [0.29, 0.717) is 0 Å². The highest BCUT2D eigenvalue weighted by atomic mass is 14.9. The molecule has 4 heteroatoms. The van der Waals surface area contributed by atoms with E-state index in [-0.39, 0.29) is 0 Å². The van der Waals surface area contributed by atoms with Crippen LogP contribution in [-0.2, 0) is 0 Å². The smallest absolute Gasteiger partial charge is 0.116 e. The number of aromatic nitrogens is 4. The van der Waals surface area contributed by atoms with Crippen molar-refractivity contribution in [1.82, 2.24) is 19.9 Å². The molecular weight excluding hydrogens is 212 g/mol. The summed E-state index contributed by atoms with van der Waals surface area (Å²) < 4.78 is 0. The van der Waals surface area contributed by atoms with Gasteiger partial charge < -0.3 is 4.98 Å². The van der Waals surface area contributed by atoms with E-state index in [1.807, 2.05) is 12.3 Å². The fourth-order valence-electron chi connectivity index (χ4n) is 2.18. The van der Waals surface area contributed by atoms with Crippen LogP contribution in [0.25, 0.3) is 32.8 Å². The highest BCUT2D eigenvalue weighted by Gasteiger charge is 2.04. The first-order valence-corrected chi connectivity index (χ1v) is 5.38. The van der Waals surface area contributed by atoms with Crippen molar-refractivity contribution < 1.29 is 0 Å². The summed E-state index contributed by atoms with van der Waals surface area (Å²) in [4.78, 5) is 16.0. The summed E-state index contributed by atoms with van der Waals surface area (Å²) in [6.45, 7) is 0. The number of aromatic amines is 1. The summed E-state index contributed by atoms with van der Waals surface area (Å²) in [6, 6.07) is 8.19. The Morgan fingerprint density at radius 3 is 3.00 bits per heavy atom. The van der Waals surface area contributed by atoms with Crippen molar-refractivity contribution in [3.05, 3.63) is 43.0 Å². The first-order valence-electron chi connectivity index (χ1n) is 5.38. The van der Waals surface area contributed by atoms with Crippen LogP contribution in [0.15, 0.2) is 43.0 Å². The van der Waals surface area contributed by atoms with E-state index in [9.17, 15) is 0 Å². The number of hydrogen-bond donors (Lipinski definition) is 1. The van der Waals surface area contributed by atoms with E-state index in [1.165, 1.54) is 0 Å². The van der Waals surface area contributed by atoms with Crippen molar-refractivity contribution in [3.63, 3.8) is 0 Å². The van der Waals surface area contributed by atoms with Crippen LogP contribution in [0.1, 0.15) is 0 Å². The van der Waals surface area contributed by atoms with Crippen LogP contribution < -0.4 is 0 Å². The Bertz CT molecular complexity index is 848. The molecule has 0 spiro atoms. The van der Waals surface area contributed by atoms with Gasteiger partial charge in [0.15, 0.2) is 0 Å². The quantitative estimate of drug-likeness (QED) is 0.463. The zero-order valence-electron chi connectivity index (χ0n) is 8.88. The molecular formula is C13H8N4. The van der Waals surface area contributed by atoms with Crippen molar-refractivity contribution in [2.75, 3.05) is 0 Å². The highest BCUT2D eigenvalue weighted by Crippen LogP contribution is 2.25. The zero-order chi connectivity index (χ0) is 11.2. The van der Waals surface area contributed by atoms with Gasteiger partial charge in [0.2, 0.25) is 0 Å². The average Bonchev–Trinajstić information content (AvgIpc) is 2.85. The van der Waals surface area contributed by atoms with Crippen molar-refractivity contribution in [3.8, 4) is 0 Å². The molecule has 4 rings (SSSR count). The standard InChI is InChI=1S/C13H8N4/c1-2-10-9(13-8(1)3-4-15-13)5-11-12(17-10)6-14-7-16-11/h1-7,17H. The molecule has 0 atom stereocenters. The fourth-order valence-corrected chi connectivity index (χ4v) is 2.18. The molecule has 4 aromatic rings. The second-order valence-electron chi connectivity index (χ2n) is 4.00. The van der Waals surface area contributed by atoms with Gasteiger partial charge in [0.25, 0.3) is 0 Å². The number of H-pyrrole nitrogens is 1. The minimum Gasteiger partial charge on any atom is -0.352 e. The van der Waals surface area contributed by atoms with Gasteiger partial charge in [-0.05, 0) is 18.2 Å². The molecule has 0 bridgehead atoms. The van der Waals surface area contributed by atoms with E-state index < -0.39 is 0 Å². The average molecular weight is 220 g/mol. The Labute approximate surface area is 96.3 Å². The highest BCUT2D eigenvalue weighted by molar-refractivity contribution is 6.07. The van der Waals surface area contributed by atoms with Crippen LogP contribution in [0.5, 0.6) is 0 Å². The summed E-state index contributed by atoms with van der Waals surface area (Å²) in [5.74, 6) is 0. The fraction of sp³-hybridized carbons (Fsp3) is 0. The van der Waals surface area contributed by atoms with Crippen LogP contribution in [0.2, 0.25) is 0 Å². The molecule has 0 aliphatic rings. The number of fused-ring (bicyclic) bond motifs is 4. The molecule has 1 aromatic carbocycles. The Morgan fingerprint density at radius 2 is 2.00 bits per heavy atom. The van der Waals surface area contributed by atoms with Gasteiger partial charge in [-0.25, -0.2) is 9.97 Å².